The van der Waals surface area contributed by atoms with Crippen LogP contribution in [0, 0.1) is 13.8 Å². The standard InChI is InChI=1S/C31H38N6O11/c1-4-5-17(36-28(44)18-6-7-19(31(47)48)23(39)22(18)38)14-37(10-8-32-26(42)20-12-15(2)34-29(45)24(20)40)11-9-33-27(43)21-13-16(3)35-30(46)25(21)41/h6-7,12-13,17,38-41H,4-5,8-11,14H2,1-3H3,(H,32,42)(H,33,43)(H,34,45)(H,35,46)(H,36,44)(H,47,48). The second-order valence-electron chi connectivity index (χ2n) is 11.0. The molecular weight excluding hydrogens is 632 g/mol. The SMILES string of the molecule is CCCC(CN(CCNC(=O)c1cc(C)[nH]c(=O)c1O)CCNC(=O)c1cc(C)[nH]c(=O)c1O)NC(=O)c1ccc(C(=O)O)c(O)c1O. The highest BCUT2D eigenvalue weighted by atomic mass is 16.4. The summed E-state index contributed by atoms with van der Waals surface area (Å²) in [7, 11) is 0. The summed E-state index contributed by atoms with van der Waals surface area (Å²) in [6, 6.07) is 4.10. The largest absolute Gasteiger partial charge is 0.504 e. The maximum absolute atomic E-state index is 13.1. The van der Waals surface area contributed by atoms with Gasteiger partial charge in [0.05, 0.1) is 16.7 Å². The van der Waals surface area contributed by atoms with E-state index < -0.39 is 69.4 Å². The minimum Gasteiger partial charge on any atom is -0.504 e. The van der Waals surface area contributed by atoms with Crippen LogP contribution in [-0.4, -0.2) is 103 Å². The highest BCUT2D eigenvalue weighted by Crippen LogP contribution is 2.32. The third-order valence-corrected chi connectivity index (χ3v) is 7.28. The normalized spacial score (nSPS) is 11.6. The van der Waals surface area contributed by atoms with Crippen molar-refractivity contribution >= 4 is 23.7 Å². The molecule has 0 radical (unpaired) electrons. The van der Waals surface area contributed by atoms with E-state index >= 15 is 0 Å². The van der Waals surface area contributed by atoms with Gasteiger partial charge in [-0.15, -0.1) is 0 Å². The highest BCUT2D eigenvalue weighted by Gasteiger charge is 2.24. The van der Waals surface area contributed by atoms with E-state index in [1.807, 2.05) is 6.92 Å². The molecule has 3 aromatic rings. The van der Waals surface area contributed by atoms with Gasteiger partial charge < -0.3 is 51.5 Å². The lowest BCUT2D eigenvalue weighted by molar-refractivity contribution is 0.0691. The number of phenolic OH excluding ortho intramolecular Hbond substituents is 1. The molecule has 3 rings (SSSR count). The summed E-state index contributed by atoms with van der Waals surface area (Å²) in [6.07, 6.45) is 1.03. The van der Waals surface area contributed by atoms with Crippen LogP contribution in [0.25, 0.3) is 0 Å². The predicted molar refractivity (Wildman–Crippen MR) is 171 cm³/mol. The number of pyridine rings is 2. The molecule has 3 amide bonds. The Kier molecular flexibility index (Phi) is 12.3. The van der Waals surface area contributed by atoms with Gasteiger partial charge in [0.15, 0.2) is 23.0 Å². The van der Waals surface area contributed by atoms with Crippen molar-refractivity contribution in [1.29, 1.82) is 0 Å². The van der Waals surface area contributed by atoms with Crippen molar-refractivity contribution in [3.05, 3.63) is 78.6 Å². The minimum atomic E-state index is -1.50. The van der Waals surface area contributed by atoms with Crippen LogP contribution in [0.2, 0.25) is 0 Å². The van der Waals surface area contributed by atoms with Crippen LogP contribution in [0.3, 0.4) is 0 Å². The molecule has 0 aliphatic heterocycles. The Bertz CT molecular complexity index is 1730. The number of hydrogen-bond donors (Lipinski definition) is 10. The van der Waals surface area contributed by atoms with Crippen LogP contribution in [0.1, 0.15) is 72.6 Å². The van der Waals surface area contributed by atoms with E-state index in [1.54, 1.807) is 18.7 Å². The molecule has 0 saturated heterocycles. The third-order valence-electron chi connectivity index (χ3n) is 7.28. The Morgan fingerprint density at radius 2 is 1.19 bits per heavy atom. The van der Waals surface area contributed by atoms with Crippen molar-refractivity contribution in [3.8, 4) is 23.0 Å². The molecule has 0 bridgehead atoms. The summed E-state index contributed by atoms with van der Waals surface area (Å²) in [4.78, 5) is 80.2. The number of carboxylic acids is 1. The summed E-state index contributed by atoms with van der Waals surface area (Å²) in [5, 5.41) is 57.6. The first-order valence-electron chi connectivity index (χ1n) is 14.9. The first kappa shape index (κ1) is 36.6. The van der Waals surface area contributed by atoms with Gasteiger partial charge in [0, 0.05) is 50.2 Å². The quantitative estimate of drug-likeness (QED) is 0.0976. The van der Waals surface area contributed by atoms with Gasteiger partial charge in [0.1, 0.15) is 5.56 Å². The number of benzene rings is 1. The Hall–Kier alpha value is -5.84. The fourth-order valence-electron chi connectivity index (χ4n) is 4.92. The zero-order valence-electron chi connectivity index (χ0n) is 26.5. The molecule has 1 unspecified atom stereocenters. The smallest absolute Gasteiger partial charge is 0.339 e. The molecule has 1 atom stereocenters. The summed E-state index contributed by atoms with van der Waals surface area (Å²) in [5.74, 6) is -7.07. The molecule has 258 valence electrons. The first-order valence-corrected chi connectivity index (χ1v) is 14.9. The average molecular weight is 671 g/mol. The van der Waals surface area contributed by atoms with Crippen molar-refractivity contribution in [1.82, 2.24) is 30.8 Å². The van der Waals surface area contributed by atoms with Crippen molar-refractivity contribution in [2.45, 2.75) is 39.7 Å². The number of H-pyrrole nitrogens is 2. The first-order chi connectivity index (χ1) is 22.6. The number of aromatic amines is 2. The number of carbonyl (C=O) groups is 4. The topological polar surface area (TPSA) is 274 Å². The van der Waals surface area contributed by atoms with Gasteiger partial charge in [0.2, 0.25) is 0 Å². The maximum Gasteiger partial charge on any atom is 0.339 e. The number of phenols is 2. The van der Waals surface area contributed by atoms with Gasteiger partial charge in [-0.25, -0.2) is 4.79 Å². The molecular formula is C31H38N6O11. The van der Waals surface area contributed by atoms with E-state index in [0.29, 0.717) is 24.2 Å². The number of aromatic carboxylic acids is 1. The summed E-state index contributed by atoms with van der Waals surface area (Å²) in [6.45, 7) is 5.41. The number of nitrogens with zero attached hydrogens (tertiary/aromatic N) is 1. The summed E-state index contributed by atoms with van der Waals surface area (Å²) in [5.41, 5.74) is -2.33. The predicted octanol–water partition coefficient (Wildman–Crippen LogP) is 0.261. The van der Waals surface area contributed by atoms with Gasteiger partial charge in [-0.2, -0.15) is 0 Å². The van der Waals surface area contributed by atoms with Crippen LogP contribution in [0.15, 0.2) is 33.9 Å². The van der Waals surface area contributed by atoms with Gasteiger partial charge in [-0.05, 0) is 44.5 Å². The van der Waals surface area contributed by atoms with Gasteiger partial charge in [-0.1, -0.05) is 13.3 Å². The number of hydrogen-bond acceptors (Lipinski definition) is 11. The molecule has 2 aromatic heterocycles. The Morgan fingerprint density at radius 3 is 1.65 bits per heavy atom. The monoisotopic (exact) mass is 670 g/mol. The molecule has 1 aromatic carbocycles. The number of aromatic nitrogens is 2. The highest BCUT2D eigenvalue weighted by molar-refractivity contribution is 6.01. The second kappa shape index (κ2) is 16.1. The fourth-order valence-corrected chi connectivity index (χ4v) is 4.92. The van der Waals surface area contributed by atoms with Crippen LogP contribution in [-0.2, 0) is 0 Å². The van der Waals surface area contributed by atoms with E-state index in [-0.39, 0.29) is 49.4 Å². The number of carbonyl (C=O) groups excluding carboxylic acids is 3. The summed E-state index contributed by atoms with van der Waals surface area (Å²) < 4.78 is 0. The van der Waals surface area contributed by atoms with Crippen LogP contribution in [0.5, 0.6) is 23.0 Å². The van der Waals surface area contributed by atoms with E-state index in [0.717, 1.165) is 12.1 Å². The van der Waals surface area contributed by atoms with Crippen molar-refractivity contribution < 1.29 is 44.7 Å². The van der Waals surface area contributed by atoms with Crippen molar-refractivity contribution in [2.24, 2.45) is 0 Å². The average Bonchev–Trinajstić information content (AvgIpc) is 3.01. The molecule has 2 heterocycles. The molecule has 48 heavy (non-hydrogen) atoms. The molecule has 17 heteroatoms. The lowest BCUT2D eigenvalue weighted by Crippen LogP contribution is -2.47. The van der Waals surface area contributed by atoms with Crippen molar-refractivity contribution in [3.63, 3.8) is 0 Å². The van der Waals surface area contributed by atoms with Crippen LogP contribution in [0.4, 0.5) is 0 Å². The molecule has 0 aliphatic carbocycles. The van der Waals surface area contributed by atoms with Crippen molar-refractivity contribution in [2.75, 3.05) is 32.7 Å². The lowest BCUT2D eigenvalue weighted by Gasteiger charge is -2.28. The number of nitrogens with one attached hydrogen (secondary N) is 5. The molecule has 10 N–H and O–H groups in total. The van der Waals surface area contributed by atoms with E-state index in [2.05, 4.69) is 25.9 Å². The van der Waals surface area contributed by atoms with Crippen LogP contribution >= 0.6 is 0 Å². The molecule has 17 nitrogen and oxygen atoms in total. The maximum atomic E-state index is 13.1. The third kappa shape index (κ3) is 9.12. The number of rotatable bonds is 15. The van der Waals surface area contributed by atoms with Crippen LogP contribution < -0.4 is 27.1 Å². The molecule has 0 spiro atoms. The lowest BCUT2D eigenvalue weighted by atomic mass is 10.1. The van der Waals surface area contributed by atoms with E-state index in [1.165, 1.54) is 12.1 Å². The van der Waals surface area contributed by atoms with Gasteiger partial charge >= 0.3 is 5.97 Å². The molecule has 0 aliphatic rings. The molecule has 0 fully saturated rings. The van der Waals surface area contributed by atoms with E-state index in [9.17, 15) is 49.2 Å². The number of amides is 3. The Labute approximate surface area is 273 Å². The zero-order chi connectivity index (χ0) is 35.7. The Balaban J connectivity index is 1.77. The van der Waals surface area contributed by atoms with Gasteiger partial charge in [-0.3, -0.25) is 28.9 Å². The number of aryl methyl sites for hydroxylation is 2. The van der Waals surface area contributed by atoms with E-state index in [4.69, 9.17) is 5.11 Å². The number of carboxylic acid groups (broad SMARTS) is 1. The fraction of sp³-hybridized carbons (Fsp3) is 0.355. The minimum absolute atomic E-state index is 0.00418. The number of aromatic hydroxyl groups is 4. The molecule has 0 saturated carbocycles. The second-order valence-corrected chi connectivity index (χ2v) is 11.0. The Morgan fingerprint density at radius 1 is 0.729 bits per heavy atom. The summed E-state index contributed by atoms with van der Waals surface area (Å²) >= 11 is 0. The zero-order valence-corrected chi connectivity index (χ0v) is 26.5. The van der Waals surface area contributed by atoms with Gasteiger partial charge in [0.25, 0.3) is 28.8 Å².